The molecule has 1 aliphatic rings. The van der Waals surface area contributed by atoms with Gasteiger partial charge < -0.3 is 14.3 Å². The zero-order valence-electron chi connectivity index (χ0n) is 16.4. The molecule has 27 heavy (non-hydrogen) atoms. The zero-order chi connectivity index (χ0) is 19.6. The number of hydrogen-bond acceptors (Lipinski definition) is 5. The summed E-state index contributed by atoms with van der Waals surface area (Å²) < 4.78 is 5.16. The lowest BCUT2D eigenvalue weighted by Gasteiger charge is -2.32. The number of piperidine rings is 1. The Kier molecular flexibility index (Phi) is 5.58. The zero-order valence-corrected chi connectivity index (χ0v) is 16.4. The van der Waals surface area contributed by atoms with Crippen molar-refractivity contribution in [2.75, 3.05) is 27.2 Å². The highest BCUT2D eigenvalue weighted by Crippen LogP contribution is 2.26. The molecule has 3 rings (SSSR count). The summed E-state index contributed by atoms with van der Waals surface area (Å²) in [6, 6.07) is 3.72. The molecule has 7 nitrogen and oxygen atoms in total. The van der Waals surface area contributed by atoms with E-state index in [9.17, 15) is 9.59 Å². The number of carbonyl (C=O) groups is 2. The summed E-state index contributed by atoms with van der Waals surface area (Å²) >= 11 is 0. The van der Waals surface area contributed by atoms with E-state index in [4.69, 9.17) is 4.52 Å². The summed E-state index contributed by atoms with van der Waals surface area (Å²) in [6.07, 6.45) is 3.88. The third-order valence-corrected chi connectivity index (χ3v) is 5.14. The first-order valence-corrected chi connectivity index (χ1v) is 9.24. The van der Waals surface area contributed by atoms with Crippen molar-refractivity contribution in [2.24, 2.45) is 0 Å². The standard InChI is InChI=1S/C20H26N4O3/c1-13-17(14(2)27-22-13)10-19(25)24-9-5-6-16(12-24)18-8-7-15(11-21-18)20(26)23(3)4/h7-8,11,16H,5-6,9-10,12H2,1-4H3/t16-/m1/s1. The number of rotatable bonds is 4. The summed E-state index contributed by atoms with van der Waals surface area (Å²) in [5, 5.41) is 3.92. The molecule has 0 aromatic carbocycles. The van der Waals surface area contributed by atoms with Gasteiger partial charge in [-0.1, -0.05) is 5.16 Å². The molecule has 1 fully saturated rings. The fourth-order valence-corrected chi connectivity index (χ4v) is 3.49. The van der Waals surface area contributed by atoms with Gasteiger partial charge in [-0.2, -0.15) is 0 Å². The molecule has 0 aliphatic carbocycles. The molecule has 2 aromatic heterocycles. The minimum Gasteiger partial charge on any atom is -0.361 e. The molecular weight excluding hydrogens is 344 g/mol. The molecule has 1 aliphatic heterocycles. The molecule has 0 unspecified atom stereocenters. The van der Waals surface area contributed by atoms with E-state index >= 15 is 0 Å². The minimum absolute atomic E-state index is 0.0611. The first kappa shape index (κ1) is 19.1. The Morgan fingerprint density at radius 2 is 2.07 bits per heavy atom. The Hall–Kier alpha value is -2.70. The normalized spacial score (nSPS) is 17.0. The van der Waals surface area contributed by atoms with Crippen molar-refractivity contribution in [1.29, 1.82) is 0 Å². The summed E-state index contributed by atoms with van der Waals surface area (Å²) in [7, 11) is 3.44. The van der Waals surface area contributed by atoms with Gasteiger partial charge in [-0.3, -0.25) is 14.6 Å². The molecule has 0 saturated carbocycles. The van der Waals surface area contributed by atoms with E-state index in [0.29, 0.717) is 24.3 Å². The van der Waals surface area contributed by atoms with Gasteiger partial charge in [-0.05, 0) is 38.8 Å². The SMILES string of the molecule is Cc1noc(C)c1CC(=O)N1CCC[C@@H](c2ccc(C(=O)N(C)C)cn2)C1. The van der Waals surface area contributed by atoms with Gasteiger partial charge in [0.15, 0.2) is 0 Å². The van der Waals surface area contributed by atoms with Crippen LogP contribution < -0.4 is 0 Å². The molecule has 0 N–H and O–H groups in total. The van der Waals surface area contributed by atoms with Crippen LogP contribution in [0, 0.1) is 13.8 Å². The molecule has 3 heterocycles. The second-order valence-electron chi connectivity index (χ2n) is 7.33. The van der Waals surface area contributed by atoms with E-state index in [-0.39, 0.29) is 17.7 Å². The van der Waals surface area contributed by atoms with Crippen LogP contribution in [0.3, 0.4) is 0 Å². The third kappa shape index (κ3) is 4.18. The molecule has 1 atom stereocenters. The summed E-state index contributed by atoms with van der Waals surface area (Å²) in [5.74, 6) is 0.926. The highest BCUT2D eigenvalue weighted by atomic mass is 16.5. The van der Waals surface area contributed by atoms with Crippen LogP contribution in [0.2, 0.25) is 0 Å². The number of aryl methyl sites for hydroxylation is 2. The largest absolute Gasteiger partial charge is 0.361 e. The van der Waals surface area contributed by atoms with E-state index < -0.39 is 0 Å². The molecule has 2 amide bonds. The smallest absolute Gasteiger partial charge is 0.254 e. The highest BCUT2D eigenvalue weighted by molar-refractivity contribution is 5.93. The number of amides is 2. The third-order valence-electron chi connectivity index (χ3n) is 5.14. The predicted octanol–water partition coefficient (Wildman–Crippen LogP) is 2.34. The summed E-state index contributed by atoms with van der Waals surface area (Å²) in [5.41, 5.74) is 3.16. The molecule has 2 aromatic rings. The maximum Gasteiger partial charge on any atom is 0.254 e. The summed E-state index contributed by atoms with van der Waals surface area (Å²) in [6.45, 7) is 5.10. The second kappa shape index (κ2) is 7.90. The molecule has 144 valence electrons. The van der Waals surface area contributed by atoms with E-state index in [1.165, 1.54) is 4.90 Å². The number of hydrogen-bond donors (Lipinski definition) is 0. The first-order valence-electron chi connectivity index (χ1n) is 9.24. The minimum atomic E-state index is -0.0611. The van der Waals surface area contributed by atoms with Crippen molar-refractivity contribution >= 4 is 11.8 Å². The molecule has 7 heteroatoms. The fraction of sp³-hybridized carbons (Fsp3) is 0.500. The highest BCUT2D eigenvalue weighted by Gasteiger charge is 2.27. The van der Waals surface area contributed by atoms with Crippen LogP contribution in [0.4, 0.5) is 0 Å². The predicted molar refractivity (Wildman–Crippen MR) is 100 cm³/mol. The van der Waals surface area contributed by atoms with Crippen molar-refractivity contribution in [3.8, 4) is 0 Å². The van der Waals surface area contributed by atoms with Crippen LogP contribution in [0.5, 0.6) is 0 Å². The molecule has 0 spiro atoms. The van der Waals surface area contributed by atoms with E-state index in [2.05, 4.69) is 10.1 Å². The lowest BCUT2D eigenvalue weighted by molar-refractivity contribution is -0.131. The van der Waals surface area contributed by atoms with Crippen LogP contribution in [-0.4, -0.2) is 58.9 Å². The maximum absolute atomic E-state index is 12.8. The Bertz CT molecular complexity index is 807. The molecule has 1 saturated heterocycles. The van der Waals surface area contributed by atoms with Gasteiger partial charge in [0.25, 0.3) is 5.91 Å². The van der Waals surface area contributed by atoms with Crippen LogP contribution in [0.25, 0.3) is 0 Å². The Balaban J connectivity index is 1.67. The van der Waals surface area contributed by atoms with Gasteiger partial charge in [-0.25, -0.2) is 0 Å². The van der Waals surface area contributed by atoms with Crippen molar-refractivity contribution in [1.82, 2.24) is 19.9 Å². The Morgan fingerprint density at radius 1 is 1.30 bits per heavy atom. The van der Waals surface area contributed by atoms with Gasteiger partial charge in [0.05, 0.1) is 17.7 Å². The Morgan fingerprint density at radius 3 is 2.67 bits per heavy atom. The van der Waals surface area contributed by atoms with Gasteiger partial charge in [-0.15, -0.1) is 0 Å². The monoisotopic (exact) mass is 370 g/mol. The average molecular weight is 370 g/mol. The van der Waals surface area contributed by atoms with Crippen molar-refractivity contribution in [3.05, 3.63) is 46.6 Å². The van der Waals surface area contributed by atoms with E-state index in [1.54, 1.807) is 20.3 Å². The maximum atomic E-state index is 12.8. The van der Waals surface area contributed by atoms with Crippen LogP contribution in [0.15, 0.2) is 22.9 Å². The molecular formula is C20H26N4O3. The number of carbonyl (C=O) groups excluding carboxylic acids is 2. The van der Waals surface area contributed by atoms with Crippen LogP contribution in [-0.2, 0) is 11.2 Å². The average Bonchev–Trinajstić information content (AvgIpc) is 2.99. The molecule has 0 radical (unpaired) electrons. The second-order valence-corrected chi connectivity index (χ2v) is 7.33. The lowest BCUT2D eigenvalue weighted by atomic mass is 9.93. The number of likely N-dealkylation sites (tertiary alicyclic amines) is 1. The number of nitrogens with zero attached hydrogens (tertiary/aromatic N) is 4. The van der Waals surface area contributed by atoms with Crippen molar-refractivity contribution < 1.29 is 14.1 Å². The van der Waals surface area contributed by atoms with E-state index in [0.717, 1.165) is 36.3 Å². The number of aromatic nitrogens is 2. The van der Waals surface area contributed by atoms with Crippen molar-refractivity contribution in [3.63, 3.8) is 0 Å². The van der Waals surface area contributed by atoms with Crippen molar-refractivity contribution in [2.45, 2.75) is 39.0 Å². The van der Waals surface area contributed by atoms with Gasteiger partial charge in [0, 0.05) is 50.6 Å². The van der Waals surface area contributed by atoms with Gasteiger partial charge in [0.2, 0.25) is 5.91 Å². The molecule has 0 bridgehead atoms. The Labute approximate surface area is 159 Å². The number of pyridine rings is 1. The quantitative estimate of drug-likeness (QED) is 0.825. The van der Waals surface area contributed by atoms with Crippen LogP contribution >= 0.6 is 0 Å². The topological polar surface area (TPSA) is 79.5 Å². The van der Waals surface area contributed by atoms with Gasteiger partial charge >= 0.3 is 0 Å². The fourth-order valence-electron chi connectivity index (χ4n) is 3.49. The van der Waals surface area contributed by atoms with E-state index in [1.807, 2.05) is 30.9 Å². The van der Waals surface area contributed by atoms with Crippen LogP contribution in [0.1, 0.15) is 51.8 Å². The summed E-state index contributed by atoms with van der Waals surface area (Å²) in [4.78, 5) is 32.7. The first-order chi connectivity index (χ1) is 12.9. The van der Waals surface area contributed by atoms with Gasteiger partial charge in [0.1, 0.15) is 5.76 Å². The lowest BCUT2D eigenvalue weighted by Crippen LogP contribution is -2.40.